The summed E-state index contributed by atoms with van der Waals surface area (Å²) in [5, 5.41) is 0. The Morgan fingerprint density at radius 3 is 2.33 bits per heavy atom. The molecule has 0 aromatic carbocycles. The van der Waals surface area contributed by atoms with Crippen molar-refractivity contribution in [3.63, 3.8) is 0 Å². The van der Waals surface area contributed by atoms with Gasteiger partial charge >= 0.3 is 12.1 Å². The van der Waals surface area contributed by atoms with Crippen LogP contribution in [0.5, 0.6) is 0 Å². The van der Waals surface area contributed by atoms with Gasteiger partial charge in [0.05, 0.1) is 5.92 Å². The topological polar surface area (TPSA) is 26.3 Å². The number of fused-ring (bicyclic) bond motifs is 2. The van der Waals surface area contributed by atoms with E-state index >= 15 is 0 Å². The van der Waals surface area contributed by atoms with Crippen LogP contribution in [0.1, 0.15) is 39.5 Å². The molecule has 0 heterocycles. The number of carbonyl (C=O) groups is 1. The van der Waals surface area contributed by atoms with Gasteiger partial charge in [0.15, 0.2) is 0 Å². The summed E-state index contributed by atoms with van der Waals surface area (Å²) in [4.78, 5) is 10.9. The van der Waals surface area contributed by atoms with Crippen molar-refractivity contribution in [1.82, 2.24) is 0 Å². The Kier molecular flexibility index (Phi) is 3.60. The highest BCUT2D eigenvalue weighted by Crippen LogP contribution is 2.55. The quantitative estimate of drug-likeness (QED) is 0.729. The highest BCUT2D eigenvalue weighted by Gasteiger charge is 2.55. The zero-order valence-corrected chi connectivity index (χ0v) is 10.7. The second kappa shape index (κ2) is 4.74. The Morgan fingerprint density at radius 1 is 1.28 bits per heavy atom. The fraction of sp³-hybridized carbons (Fsp3) is 0.923. The fourth-order valence-electron chi connectivity index (χ4n) is 3.93. The van der Waals surface area contributed by atoms with E-state index in [4.69, 9.17) is 4.74 Å². The first kappa shape index (κ1) is 13.7. The van der Waals surface area contributed by atoms with Crippen LogP contribution in [0.15, 0.2) is 0 Å². The molecule has 104 valence electrons. The highest BCUT2D eigenvalue weighted by atomic mass is 19.4. The van der Waals surface area contributed by atoms with Crippen LogP contribution < -0.4 is 0 Å². The van der Waals surface area contributed by atoms with Crippen molar-refractivity contribution >= 4 is 5.97 Å². The van der Waals surface area contributed by atoms with Crippen LogP contribution in [0.3, 0.4) is 0 Å². The smallest absolute Gasteiger partial charge is 0.395 e. The minimum atomic E-state index is -4.29. The lowest BCUT2D eigenvalue weighted by Gasteiger charge is -2.35. The summed E-state index contributed by atoms with van der Waals surface area (Å²) < 4.78 is 44.4. The highest BCUT2D eigenvalue weighted by molar-refractivity contribution is 5.66. The number of hydrogen-bond donors (Lipinski definition) is 0. The van der Waals surface area contributed by atoms with Gasteiger partial charge in [0, 0.05) is 6.92 Å². The molecule has 5 heteroatoms. The minimum absolute atomic E-state index is 0.166. The van der Waals surface area contributed by atoms with Gasteiger partial charge in [-0.25, -0.2) is 0 Å². The molecule has 5 atom stereocenters. The number of hydrogen-bond acceptors (Lipinski definition) is 2. The van der Waals surface area contributed by atoms with Crippen LogP contribution >= 0.6 is 0 Å². The van der Waals surface area contributed by atoms with Gasteiger partial charge in [0.25, 0.3) is 0 Å². The molecule has 0 N–H and O–H groups in total. The molecule has 0 spiro atoms. The van der Waals surface area contributed by atoms with Crippen LogP contribution in [0.2, 0.25) is 0 Å². The second-order valence-corrected chi connectivity index (χ2v) is 5.72. The summed E-state index contributed by atoms with van der Waals surface area (Å²) >= 11 is 0. The summed E-state index contributed by atoms with van der Waals surface area (Å²) in [6.45, 7) is 2.52. The van der Waals surface area contributed by atoms with Crippen LogP contribution in [0, 0.1) is 23.7 Å². The molecule has 0 aromatic heterocycles. The number of esters is 1. The molecule has 0 amide bonds. The van der Waals surface area contributed by atoms with E-state index in [1.54, 1.807) is 0 Å². The maximum atomic E-state index is 13.2. The van der Waals surface area contributed by atoms with Crippen molar-refractivity contribution < 1.29 is 22.7 Å². The molecular formula is C13H19F3O2. The maximum Gasteiger partial charge on any atom is 0.395 e. The molecule has 2 aliphatic carbocycles. The predicted molar refractivity (Wildman–Crippen MR) is 59.7 cm³/mol. The molecule has 18 heavy (non-hydrogen) atoms. The first-order valence-corrected chi connectivity index (χ1v) is 6.53. The first-order chi connectivity index (χ1) is 8.29. The molecule has 2 fully saturated rings. The average molecular weight is 264 g/mol. The van der Waals surface area contributed by atoms with Gasteiger partial charge in [-0.3, -0.25) is 4.79 Å². The van der Waals surface area contributed by atoms with Gasteiger partial charge in [-0.2, -0.15) is 13.2 Å². The van der Waals surface area contributed by atoms with E-state index in [0.29, 0.717) is 12.3 Å². The molecule has 2 saturated carbocycles. The summed E-state index contributed by atoms with van der Waals surface area (Å²) in [7, 11) is 0. The Labute approximate surface area is 105 Å². The number of ether oxygens (including phenoxy) is 1. The van der Waals surface area contributed by atoms with Crippen LogP contribution in [0.4, 0.5) is 13.2 Å². The molecule has 2 bridgehead atoms. The Hall–Kier alpha value is -0.740. The predicted octanol–water partition coefficient (Wildman–Crippen LogP) is 3.55. The molecule has 0 saturated heterocycles. The fourth-order valence-corrected chi connectivity index (χ4v) is 3.93. The summed E-state index contributed by atoms with van der Waals surface area (Å²) in [6.07, 6.45) is -1.84. The zero-order valence-electron chi connectivity index (χ0n) is 10.7. The van der Waals surface area contributed by atoms with E-state index < -0.39 is 24.2 Å². The Morgan fingerprint density at radius 2 is 1.94 bits per heavy atom. The third kappa shape index (κ3) is 2.64. The molecule has 2 nitrogen and oxygen atoms in total. The molecule has 5 unspecified atom stereocenters. The number of halogens is 3. The monoisotopic (exact) mass is 264 g/mol. The number of carbonyl (C=O) groups excluding carboxylic acids is 1. The summed E-state index contributed by atoms with van der Waals surface area (Å²) in [5.41, 5.74) is 0. The molecule has 2 aliphatic rings. The molecule has 0 aliphatic heterocycles. The van der Waals surface area contributed by atoms with E-state index in [-0.39, 0.29) is 11.8 Å². The number of rotatable bonds is 3. The molecule has 0 aromatic rings. The van der Waals surface area contributed by atoms with Crippen LogP contribution in [-0.2, 0) is 9.53 Å². The lowest BCUT2D eigenvalue weighted by molar-refractivity contribution is -0.223. The number of alkyl halides is 3. The van der Waals surface area contributed by atoms with Crippen LogP contribution in [0.25, 0.3) is 0 Å². The average Bonchev–Trinajstić information content (AvgIpc) is 2.75. The maximum absolute atomic E-state index is 13.2. The summed E-state index contributed by atoms with van der Waals surface area (Å²) in [5.74, 6) is -1.89. The van der Waals surface area contributed by atoms with Crippen molar-refractivity contribution in [2.45, 2.75) is 51.8 Å². The lowest BCUT2D eigenvalue weighted by Crippen LogP contribution is -2.42. The van der Waals surface area contributed by atoms with Crippen molar-refractivity contribution in [3.8, 4) is 0 Å². The second-order valence-electron chi connectivity index (χ2n) is 5.72. The Balaban J connectivity index is 2.13. The van der Waals surface area contributed by atoms with Crippen LogP contribution in [-0.4, -0.2) is 18.2 Å². The van der Waals surface area contributed by atoms with E-state index in [1.807, 2.05) is 0 Å². The third-order valence-corrected chi connectivity index (χ3v) is 4.49. The van der Waals surface area contributed by atoms with Crippen molar-refractivity contribution in [1.29, 1.82) is 0 Å². The minimum Gasteiger partial charge on any atom is -0.462 e. The first-order valence-electron chi connectivity index (χ1n) is 6.53. The van der Waals surface area contributed by atoms with Crippen molar-refractivity contribution in [2.75, 3.05) is 0 Å². The van der Waals surface area contributed by atoms with Gasteiger partial charge in [0.1, 0.15) is 6.10 Å². The largest absolute Gasteiger partial charge is 0.462 e. The third-order valence-electron chi connectivity index (χ3n) is 4.49. The normalized spacial score (nSPS) is 34.4. The lowest BCUT2D eigenvalue weighted by atomic mass is 9.76. The van der Waals surface area contributed by atoms with Gasteiger partial charge in [-0.1, -0.05) is 6.42 Å². The van der Waals surface area contributed by atoms with E-state index in [9.17, 15) is 18.0 Å². The van der Waals surface area contributed by atoms with Crippen molar-refractivity contribution in [2.24, 2.45) is 23.7 Å². The van der Waals surface area contributed by atoms with Gasteiger partial charge in [0.2, 0.25) is 0 Å². The van der Waals surface area contributed by atoms with Gasteiger partial charge < -0.3 is 4.74 Å². The van der Waals surface area contributed by atoms with E-state index in [1.165, 1.54) is 6.92 Å². The molecule has 0 radical (unpaired) electrons. The molecular weight excluding hydrogens is 245 g/mol. The zero-order chi connectivity index (χ0) is 13.5. The Bertz CT molecular complexity index is 327. The van der Waals surface area contributed by atoms with E-state index in [0.717, 1.165) is 26.2 Å². The SMILES string of the molecule is CC(=O)OC(C)C(C1CC2CCC1C2)C(F)(F)F. The standard InChI is InChI=1S/C13H19F3O2/c1-7(18-8(2)17)12(13(14,15)16)11-6-9-3-4-10(11)5-9/h7,9-12H,3-6H2,1-2H3. The molecule has 2 rings (SSSR count). The van der Waals surface area contributed by atoms with Gasteiger partial charge in [-0.15, -0.1) is 0 Å². The summed E-state index contributed by atoms with van der Waals surface area (Å²) in [6, 6.07) is 0. The van der Waals surface area contributed by atoms with Gasteiger partial charge in [-0.05, 0) is 43.9 Å². The van der Waals surface area contributed by atoms with Crippen molar-refractivity contribution in [3.05, 3.63) is 0 Å². The van der Waals surface area contributed by atoms with E-state index in [2.05, 4.69) is 0 Å².